The van der Waals surface area contributed by atoms with E-state index in [1.54, 1.807) is 12.1 Å². The van der Waals surface area contributed by atoms with Crippen molar-refractivity contribution in [2.24, 2.45) is 11.8 Å². The Balaban J connectivity index is 1.79. The SMILES string of the molecule is Fc1cccc(OC(C2CCOCC2)[C@@H]2CCNC2)c1Cl. The van der Waals surface area contributed by atoms with Crippen LogP contribution in [0.4, 0.5) is 4.39 Å². The van der Waals surface area contributed by atoms with E-state index in [0.29, 0.717) is 17.6 Å². The summed E-state index contributed by atoms with van der Waals surface area (Å²) < 4.78 is 25.2. The summed E-state index contributed by atoms with van der Waals surface area (Å²) in [6, 6.07) is 4.75. The van der Waals surface area contributed by atoms with Crippen molar-refractivity contribution >= 4 is 11.6 Å². The van der Waals surface area contributed by atoms with Crippen molar-refractivity contribution in [2.45, 2.75) is 25.4 Å². The molecular formula is C16H21ClFNO2. The Kier molecular flexibility index (Phi) is 4.99. The smallest absolute Gasteiger partial charge is 0.145 e. The van der Waals surface area contributed by atoms with E-state index < -0.39 is 5.82 Å². The van der Waals surface area contributed by atoms with Crippen LogP contribution in [-0.2, 0) is 4.74 Å². The maximum absolute atomic E-state index is 13.6. The molecule has 3 nitrogen and oxygen atoms in total. The third kappa shape index (κ3) is 3.50. The van der Waals surface area contributed by atoms with Gasteiger partial charge in [0, 0.05) is 31.6 Å². The van der Waals surface area contributed by atoms with Crippen LogP contribution in [0.5, 0.6) is 5.75 Å². The molecule has 2 atom stereocenters. The molecule has 1 aromatic carbocycles. The summed E-state index contributed by atoms with van der Waals surface area (Å²) in [5.74, 6) is 0.930. The topological polar surface area (TPSA) is 30.5 Å². The Bertz CT molecular complexity index is 473. The summed E-state index contributed by atoms with van der Waals surface area (Å²) in [5, 5.41) is 3.47. The van der Waals surface area contributed by atoms with E-state index in [2.05, 4.69) is 5.32 Å². The van der Waals surface area contributed by atoms with Gasteiger partial charge in [-0.15, -0.1) is 0 Å². The lowest BCUT2D eigenvalue weighted by Gasteiger charge is -2.34. The van der Waals surface area contributed by atoms with Crippen LogP contribution in [-0.4, -0.2) is 32.4 Å². The van der Waals surface area contributed by atoms with Gasteiger partial charge in [-0.2, -0.15) is 0 Å². The molecule has 116 valence electrons. The van der Waals surface area contributed by atoms with E-state index in [0.717, 1.165) is 45.6 Å². The molecule has 0 saturated carbocycles. The maximum Gasteiger partial charge on any atom is 0.145 e. The van der Waals surface area contributed by atoms with Crippen molar-refractivity contribution in [1.82, 2.24) is 5.32 Å². The minimum atomic E-state index is -0.426. The van der Waals surface area contributed by atoms with Crippen LogP contribution in [0, 0.1) is 17.7 Å². The quantitative estimate of drug-likeness (QED) is 0.925. The molecule has 2 saturated heterocycles. The van der Waals surface area contributed by atoms with Gasteiger partial charge in [0.25, 0.3) is 0 Å². The number of hydrogen-bond acceptors (Lipinski definition) is 3. The lowest BCUT2D eigenvalue weighted by atomic mass is 9.85. The third-order valence-electron chi connectivity index (χ3n) is 4.47. The summed E-state index contributed by atoms with van der Waals surface area (Å²) in [4.78, 5) is 0. The lowest BCUT2D eigenvalue weighted by molar-refractivity contribution is -0.00140. The van der Waals surface area contributed by atoms with Gasteiger partial charge in [-0.3, -0.25) is 0 Å². The third-order valence-corrected chi connectivity index (χ3v) is 4.84. The largest absolute Gasteiger partial charge is 0.488 e. The van der Waals surface area contributed by atoms with Crippen LogP contribution < -0.4 is 10.1 Å². The first kappa shape index (κ1) is 15.1. The maximum atomic E-state index is 13.6. The summed E-state index contributed by atoms with van der Waals surface area (Å²) >= 11 is 6.04. The molecule has 3 rings (SSSR count). The summed E-state index contributed by atoms with van der Waals surface area (Å²) in [6.45, 7) is 3.53. The molecule has 2 aliphatic heterocycles. The highest BCUT2D eigenvalue weighted by Crippen LogP contribution is 2.34. The fraction of sp³-hybridized carbons (Fsp3) is 0.625. The van der Waals surface area contributed by atoms with Crippen molar-refractivity contribution in [2.75, 3.05) is 26.3 Å². The van der Waals surface area contributed by atoms with Gasteiger partial charge in [0.05, 0.1) is 0 Å². The number of rotatable bonds is 4. The predicted octanol–water partition coefficient (Wildman–Crippen LogP) is 3.26. The molecule has 0 amide bonds. The number of benzene rings is 1. The average molecular weight is 314 g/mol. The molecule has 0 aromatic heterocycles. The van der Waals surface area contributed by atoms with E-state index in [1.165, 1.54) is 6.07 Å². The van der Waals surface area contributed by atoms with Crippen LogP contribution in [0.2, 0.25) is 5.02 Å². The molecule has 1 aromatic rings. The highest BCUT2D eigenvalue weighted by atomic mass is 35.5. The second-order valence-corrected chi connectivity index (χ2v) is 6.22. The van der Waals surface area contributed by atoms with E-state index >= 15 is 0 Å². The molecule has 2 fully saturated rings. The van der Waals surface area contributed by atoms with E-state index in [1.807, 2.05) is 0 Å². The van der Waals surface area contributed by atoms with Crippen molar-refractivity contribution in [1.29, 1.82) is 0 Å². The summed E-state index contributed by atoms with van der Waals surface area (Å²) in [7, 11) is 0. The van der Waals surface area contributed by atoms with Gasteiger partial charge in [0.2, 0.25) is 0 Å². The highest BCUT2D eigenvalue weighted by Gasteiger charge is 2.34. The monoisotopic (exact) mass is 313 g/mol. The molecule has 21 heavy (non-hydrogen) atoms. The predicted molar refractivity (Wildman–Crippen MR) is 80.3 cm³/mol. The Hall–Kier alpha value is -0.840. The van der Waals surface area contributed by atoms with Gasteiger partial charge >= 0.3 is 0 Å². The van der Waals surface area contributed by atoms with Crippen LogP contribution in [0.25, 0.3) is 0 Å². The first-order valence-corrected chi connectivity index (χ1v) is 8.02. The van der Waals surface area contributed by atoms with Gasteiger partial charge in [0.1, 0.15) is 22.7 Å². The van der Waals surface area contributed by atoms with Gasteiger partial charge in [-0.25, -0.2) is 4.39 Å². The highest BCUT2D eigenvalue weighted by molar-refractivity contribution is 6.32. The molecule has 0 aliphatic carbocycles. The van der Waals surface area contributed by atoms with Crippen LogP contribution in [0.15, 0.2) is 18.2 Å². The van der Waals surface area contributed by atoms with Gasteiger partial charge < -0.3 is 14.8 Å². The number of nitrogens with one attached hydrogen (secondary N) is 1. The Morgan fingerprint density at radius 1 is 1.24 bits per heavy atom. The standard InChI is InChI=1S/C16H21ClFNO2/c17-15-13(18)2-1-3-14(15)21-16(12-4-7-19-10-12)11-5-8-20-9-6-11/h1-3,11-12,16,19H,4-10H2/t12-,16?/m1/s1. The molecule has 2 heterocycles. The normalized spacial score (nSPS) is 25.0. The molecule has 5 heteroatoms. The Morgan fingerprint density at radius 3 is 2.76 bits per heavy atom. The first-order valence-electron chi connectivity index (χ1n) is 7.65. The molecule has 0 radical (unpaired) electrons. The van der Waals surface area contributed by atoms with Crippen molar-refractivity contribution in [3.63, 3.8) is 0 Å². The van der Waals surface area contributed by atoms with Crippen molar-refractivity contribution in [3.05, 3.63) is 29.0 Å². The van der Waals surface area contributed by atoms with Crippen LogP contribution in [0.3, 0.4) is 0 Å². The molecule has 0 spiro atoms. The van der Waals surface area contributed by atoms with Gasteiger partial charge in [-0.05, 0) is 37.9 Å². The number of halogens is 2. The Morgan fingerprint density at radius 2 is 2.05 bits per heavy atom. The van der Waals surface area contributed by atoms with Gasteiger partial charge in [-0.1, -0.05) is 17.7 Å². The number of hydrogen-bond donors (Lipinski definition) is 1. The molecule has 1 unspecified atom stereocenters. The molecule has 2 aliphatic rings. The van der Waals surface area contributed by atoms with Gasteiger partial charge in [0.15, 0.2) is 0 Å². The van der Waals surface area contributed by atoms with Crippen LogP contribution >= 0.6 is 11.6 Å². The molecular weight excluding hydrogens is 293 g/mol. The minimum absolute atomic E-state index is 0.0724. The second kappa shape index (κ2) is 6.95. The van der Waals surface area contributed by atoms with Crippen LogP contribution in [0.1, 0.15) is 19.3 Å². The van der Waals surface area contributed by atoms with E-state index in [4.69, 9.17) is 21.1 Å². The summed E-state index contributed by atoms with van der Waals surface area (Å²) in [6.07, 6.45) is 3.15. The zero-order valence-electron chi connectivity index (χ0n) is 12.0. The molecule has 1 N–H and O–H groups in total. The first-order chi connectivity index (χ1) is 10.3. The van der Waals surface area contributed by atoms with Crippen molar-refractivity contribution in [3.8, 4) is 5.75 Å². The number of ether oxygens (including phenoxy) is 2. The molecule has 0 bridgehead atoms. The fourth-order valence-electron chi connectivity index (χ4n) is 3.30. The summed E-state index contributed by atoms with van der Waals surface area (Å²) in [5.41, 5.74) is 0. The lowest BCUT2D eigenvalue weighted by Crippen LogP contribution is -2.39. The van der Waals surface area contributed by atoms with E-state index in [9.17, 15) is 4.39 Å². The van der Waals surface area contributed by atoms with Crippen molar-refractivity contribution < 1.29 is 13.9 Å². The fourth-order valence-corrected chi connectivity index (χ4v) is 3.47. The zero-order valence-corrected chi connectivity index (χ0v) is 12.7. The Labute approximate surface area is 129 Å². The zero-order chi connectivity index (χ0) is 14.7. The minimum Gasteiger partial charge on any atom is -0.488 e. The average Bonchev–Trinajstić information content (AvgIpc) is 3.04. The van der Waals surface area contributed by atoms with E-state index in [-0.39, 0.29) is 11.1 Å². The second-order valence-electron chi connectivity index (χ2n) is 5.84.